The van der Waals surface area contributed by atoms with Crippen molar-refractivity contribution in [1.82, 2.24) is 15.5 Å². The van der Waals surface area contributed by atoms with Crippen LogP contribution >= 0.6 is 0 Å². The number of amides is 1. The summed E-state index contributed by atoms with van der Waals surface area (Å²) in [4.78, 5) is 16.6. The Bertz CT molecular complexity index is 553. The van der Waals surface area contributed by atoms with Crippen LogP contribution in [-0.4, -0.2) is 63.7 Å². The fourth-order valence-corrected chi connectivity index (χ4v) is 3.99. The van der Waals surface area contributed by atoms with Crippen molar-refractivity contribution >= 4 is 11.6 Å². The maximum absolute atomic E-state index is 11.6. The van der Waals surface area contributed by atoms with Crippen LogP contribution < -0.4 is 15.5 Å². The normalized spacial score (nSPS) is 23.6. The number of carbonyl (C=O) groups is 1. The van der Waals surface area contributed by atoms with Crippen LogP contribution in [0.25, 0.3) is 0 Å². The minimum Gasteiger partial charge on any atom is -0.370 e. The lowest BCUT2D eigenvalue weighted by atomic mass is 9.72. The number of carbonyl (C=O) groups excluding carboxylic acids is 1. The lowest BCUT2D eigenvalue weighted by Gasteiger charge is -2.61. The van der Waals surface area contributed by atoms with Crippen molar-refractivity contribution in [3.63, 3.8) is 0 Å². The molecule has 2 N–H and O–H groups in total. The summed E-state index contributed by atoms with van der Waals surface area (Å²) in [5, 5.41) is 6.00. The third-order valence-electron chi connectivity index (χ3n) is 5.27. The number of nitrogens with zero attached hydrogens (tertiary/aromatic N) is 2. The largest absolute Gasteiger partial charge is 0.370 e. The van der Waals surface area contributed by atoms with Gasteiger partial charge in [-0.3, -0.25) is 4.79 Å². The second-order valence-electron chi connectivity index (χ2n) is 7.18. The Hall–Kier alpha value is -1.59. The molecule has 3 aliphatic rings. The van der Waals surface area contributed by atoms with Crippen LogP contribution in [0.15, 0.2) is 24.3 Å². The summed E-state index contributed by atoms with van der Waals surface area (Å²) in [7, 11) is 1.66. The molecule has 118 valence electrons. The minimum absolute atomic E-state index is 0.0215. The predicted octanol–water partition coefficient (Wildman–Crippen LogP) is 0.388. The molecule has 3 fully saturated rings. The van der Waals surface area contributed by atoms with Gasteiger partial charge in [0.05, 0.1) is 0 Å². The molecule has 0 aromatic heterocycles. The number of nitrogens with one attached hydrogen (secondary N) is 2. The smallest absolute Gasteiger partial charge is 0.251 e. The van der Waals surface area contributed by atoms with Gasteiger partial charge in [0.15, 0.2) is 0 Å². The highest BCUT2D eigenvalue weighted by atomic mass is 16.1. The Labute approximate surface area is 131 Å². The highest BCUT2D eigenvalue weighted by Crippen LogP contribution is 2.42. The molecule has 1 aromatic carbocycles. The zero-order valence-electron chi connectivity index (χ0n) is 13.1. The summed E-state index contributed by atoms with van der Waals surface area (Å²) < 4.78 is 0. The lowest BCUT2D eigenvalue weighted by molar-refractivity contribution is -0.0346. The van der Waals surface area contributed by atoms with Crippen LogP contribution in [-0.2, 0) is 0 Å². The van der Waals surface area contributed by atoms with E-state index in [4.69, 9.17) is 0 Å². The molecule has 0 bridgehead atoms. The van der Waals surface area contributed by atoms with E-state index in [2.05, 4.69) is 32.6 Å². The number of anilines is 1. The van der Waals surface area contributed by atoms with Crippen LogP contribution in [0.3, 0.4) is 0 Å². The van der Waals surface area contributed by atoms with E-state index in [1.54, 1.807) is 7.05 Å². The van der Waals surface area contributed by atoms with E-state index in [1.165, 1.54) is 38.4 Å². The first-order chi connectivity index (χ1) is 10.7. The van der Waals surface area contributed by atoms with E-state index in [9.17, 15) is 4.79 Å². The molecule has 0 aliphatic carbocycles. The Morgan fingerprint density at radius 1 is 1.23 bits per heavy atom. The van der Waals surface area contributed by atoms with E-state index >= 15 is 0 Å². The van der Waals surface area contributed by atoms with Gasteiger partial charge in [0.2, 0.25) is 0 Å². The summed E-state index contributed by atoms with van der Waals surface area (Å²) >= 11 is 0. The molecule has 0 radical (unpaired) electrons. The first-order valence-electron chi connectivity index (χ1n) is 8.18. The van der Waals surface area contributed by atoms with Gasteiger partial charge in [-0.25, -0.2) is 0 Å². The first kappa shape index (κ1) is 14.0. The second-order valence-corrected chi connectivity index (χ2v) is 7.18. The van der Waals surface area contributed by atoms with Crippen LogP contribution in [0.2, 0.25) is 0 Å². The zero-order chi connectivity index (χ0) is 15.2. The standard InChI is InChI=1S/C17H24N4O/c1-18-16(22)14-2-4-15(5-3-14)21-11-17(12-21)9-20(10-17)8-13-6-19-7-13/h2-5,13,19H,6-12H2,1H3,(H,18,22). The number of benzene rings is 1. The number of hydrogen-bond acceptors (Lipinski definition) is 4. The van der Waals surface area contributed by atoms with Gasteiger partial charge < -0.3 is 20.4 Å². The number of hydrogen-bond donors (Lipinski definition) is 2. The molecule has 0 unspecified atom stereocenters. The lowest BCUT2D eigenvalue weighted by Crippen LogP contribution is -2.73. The molecule has 5 heteroatoms. The molecule has 0 saturated carbocycles. The van der Waals surface area contributed by atoms with E-state index in [0.717, 1.165) is 24.6 Å². The van der Waals surface area contributed by atoms with Gasteiger partial charge in [-0.2, -0.15) is 0 Å². The average molecular weight is 300 g/mol. The molecule has 1 spiro atoms. The van der Waals surface area contributed by atoms with Crippen LogP contribution in [0.1, 0.15) is 10.4 Å². The van der Waals surface area contributed by atoms with Gasteiger partial charge in [0.1, 0.15) is 0 Å². The third kappa shape index (κ3) is 2.38. The molecule has 0 atom stereocenters. The van der Waals surface area contributed by atoms with E-state index in [1.807, 2.05) is 12.1 Å². The van der Waals surface area contributed by atoms with Crippen molar-refractivity contribution in [3.8, 4) is 0 Å². The quantitative estimate of drug-likeness (QED) is 0.844. The Kier molecular flexibility index (Phi) is 3.35. The number of rotatable bonds is 4. The molecule has 3 aliphatic heterocycles. The fraction of sp³-hybridized carbons (Fsp3) is 0.588. The van der Waals surface area contributed by atoms with Gasteiger partial charge >= 0.3 is 0 Å². The van der Waals surface area contributed by atoms with Crippen molar-refractivity contribution < 1.29 is 4.79 Å². The highest BCUT2D eigenvalue weighted by molar-refractivity contribution is 5.94. The predicted molar refractivity (Wildman–Crippen MR) is 87.3 cm³/mol. The summed E-state index contributed by atoms with van der Waals surface area (Å²) in [6, 6.07) is 7.95. The van der Waals surface area contributed by atoms with E-state index < -0.39 is 0 Å². The van der Waals surface area contributed by atoms with Crippen molar-refractivity contribution in [3.05, 3.63) is 29.8 Å². The second kappa shape index (κ2) is 5.25. The molecule has 3 heterocycles. The fourth-order valence-electron chi connectivity index (χ4n) is 3.99. The zero-order valence-corrected chi connectivity index (χ0v) is 13.1. The van der Waals surface area contributed by atoms with Gasteiger partial charge in [-0.1, -0.05) is 0 Å². The third-order valence-corrected chi connectivity index (χ3v) is 5.27. The maximum atomic E-state index is 11.6. The average Bonchev–Trinajstić information content (AvgIpc) is 2.41. The monoisotopic (exact) mass is 300 g/mol. The summed E-state index contributed by atoms with van der Waals surface area (Å²) in [6.45, 7) is 8.51. The van der Waals surface area contributed by atoms with Crippen LogP contribution in [0, 0.1) is 11.3 Å². The topological polar surface area (TPSA) is 47.6 Å². The van der Waals surface area contributed by atoms with Gasteiger partial charge in [0, 0.05) is 69.5 Å². The van der Waals surface area contributed by atoms with E-state index in [-0.39, 0.29) is 5.91 Å². The van der Waals surface area contributed by atoms with Crippen molar-refractivity contribution in [2.24, 2.45) is 11.3 Å². The molecule has 5 nitrogen and oxygen atoms in total. The first-order valence-corrected chi connectivity index (χ1v) is 8.18. The SMILES string of the molecule is CNC(=O)c1ccc(N2CC3(CN(CC4CNC4)C3)C2)cc1. The Morgan fingerprint density at radius 2 is 1.91 bits per heavy atom. The molecule has 4 rings (SSSR count). The summed E-state index contributed by atoms with van der Waals surface area (Å²) in [5.74, 6) is 0.859. The highest BCUT2D eigenvalue weighted by Gasteiger charge is 2.51. The number of likely N-dealkylation sites (tertiary alicyclic amines) is 1. The molecular weight excluding hydrogens is 276 g/mol. The molecule has 1 amide bonds. The Balaban J connectivity index is 1.27. The van der Waals surface area contributed by atoms with Crippen molar-refractivity contribution in [1.29, 1.82) is 0 Å². The van der Waals surface area contributed by atoms with Crippen molar-refractivity contribution in [2.75, 3.05) is 57.8 Å². The molecule has 1 aromatic rings. The van der Waals surface area contributed by atoms with Crippen LogP contribution in [0.5, 0.6) is 0 Å². The minimum atomic E-state index is -0.0215. The maximum Gasteiger partial charge on any atom is 0.251 e. The van der Waals surface area contributed by atoms with Crippen LogP contribution in [0.4, 0.5) is 5.69 Å². The van der Waals surface area contributed by atoms with Gasteiger partial charge in [-0.15, -0.1) is 0 Å². The molecule has 22 heavy (non-hydrogen) atoms. The van der Waals surface area contributed by atoms with Gasteiger partial charge in [0.25, 0.3) is 5.91 Å². The van der Waals surface area contributed by atoms with Crippen molar-refractivity contribution in [2.45, 2.75) is 0 Å². The molecular formula is C17H24N4O. The Morgan fingerprint density at radius 3 is 2.45 bits per heavy atom. The van der Waals surface area contributed by atoms with Gasteiger partial charge in [-0.05, 0) is 30.2 Å². The summed E-state index contributed by atoms with van der Waals surface area (Å²) in [6.07, 6.45) is 0. The summed E-state index contributed by atoms with van der Waals surface area (Å²) in [5.41, 5.74) is 2.50. The van der Waals surface area contributed by atoms with E-state index in [0.29, 0.717) is 5.41 Å². The molecule has 3 saturated heterocycles.